The highest BCUT2D eigenvalue weighted by Crippen LogP contribution is 2.39. The molecule has 1 aliphatic carbocycles. The number of carbonyl (C=O) groups excluding carboxylic acids is 1. The molecule has 9 aromatic rings. The number of fused-ring (bicyclic) bond motifs is 5. The summed E-state index contributed by atoms with van der Waals surface area (Å²) in [5.41, 5.74) is 14.2. The number of aliphatic hydroxyl groups is 1. The molecule has 0 saturated carbocycles. The molecule has 0 radical (unpaired) electrons. The molecule has 70 heavy (non-hydrogen) atoms. The molecular formula is C67H70O2S. The Labute approximate surface area is 423 Å². The van der Waals surface area contributed by atoms with Crippen LogP contribution in [0.1, 0.15) is 101 Å². The van der Waals surface area contributed by atoms with Crippen molar-refractivity contribution in [3.63, 3.8) is 0 Å². The Morgan fingerprint density at radius 1 is 0.571 bits per heavy atom. The average molecular weight is 939 g/mol. The minimum atomic E-state index is -0.901. The van der Waals surface area contributed by atoms with Crippen LogP contribution in [0.4, 0.5) is 0 Å². The lowest BCUT2D eigenvalue weighted by Crippen LogP contribution is -2.34. The summed E-state index contributed by atoms with van der Waals surface area (Å²) in [6.45, 7) is 22.5. The van der Waals surface area contributed by atoms with Crippen molar-refractivity contribution < 1.29 is 9.90 Å². The minimum absolute atomic E-state index is 0.0389. The fourth-order valence-electron chi connectivity index (χ4n) is 9.78. The first kappa shape index (κ1) is 52.6. The Morgan fingerprint density at radius 3 is 1.63 bits per heavy atom. The maximum Gasteiger partial charge on any atom is 0.169 e. The molecule has 3 heteroatoms. The molecule has 2 atom stereocenters. The molecule has 9 aromatic carbocycles. The summed E-state index contributed by atoms with van der Waals surface area (Å²) in [7, 11) is 0. The van der Waals surface area contributed by atoms with E-state index in [1.54, 1.807) is 6.26 Å². The molecule has 0 fully saturated rings. The van der Waals surface area contributed by atoms with Crippen molar-refractivity contribution in [2.75, 3.05) is 6.26 Å². The number of hydrogen-bond donors (Lipinski definition) is 2. The van der Waals surface area contributed by atoms with Gasteiger partial charge in [-0.05, 0) is 172 Å². The van der Waals surface area contributed by atoms with Crippen molar-refractivity contribution in [3.05, 3.63) is 210 Å². The van der Waals surface area contributed by atoms with Gasteiger partial charge in [0.1, 0.15) is 6.10 Å². The van der Waals surface area contributed by atoms with Crippen molar-refractivity contribution in [1.29, 1.82) is 0 Å². The lowest BCUT2D eigenvalue weighted by Gasteiger charge is -2.28. The van der Waals surface area contributed by atoms with E-state index in [4.69, 9.17) is 0 Å². The van der Waals surface area contributed by atoms with Crippen LogP contribution < -0.4 is 0 Å². The molecule has 0 aliphatic heterocycles. The Bertz CT molecular complexity index is 3300. The first-order chi connectivity index (χ1) is 34.3. The van der Waals surface area contributed by atoms with Crippen molar-refractivity contribution in [2.45, 2.75) is 86.2 Å². The van der Waals surface area contributed by atoms with Gasteiger partial charge >= 0.3 is 0 Å². The maximum atomic E-state index is 12.9. The third-order valence-corrected chi connectivity index (χ3v) is 13.1. The molecule has 2 nitrogen and oxygen atoms in total. The number of aryl methyl sites for hydroxylation is 1. The zero-order valence-electron chi connectivity index (χ0n) is 42.5. The lowest BCUT2D eigenvalue weighted by atomic mass is 9.77. The monoisotopic (exact) mass is 939 g/mol. The van der Waals surface area contributed by atoms with Crippen LogP contribution in [0.5, 0.6) is 0 Å². The van der Waals surface area contributed by atoms with E-state index in [2.05, 4.69) is 210 Å². The van der Waals surface area contributed by atoms with Gasteiger partial charge in [-0.25, -0.2) is 0 Å². The second-order valence-corrected chi connectivity index (χ2v) is 17.1. The van der Waals surface area contributed by atoms with Gasteiger partial charge in [0.15, 0.2) is 5.78 Å². The predicted octanol–water partition coefficient (Wildman–Crippen LogP) is 18.8. The zero-order valence-corrected chi connectivity index (χ0v) is 43.4. The molecule has 10 rings (SSSR count). The SMILES string of the molecule is C/C=C\c1ccccc1CC.C=Cc1cc(-c2ccc3ccc(-c4ccc5cc(-c6ccc7cc8c(cc7c6)C(CCC)C(=O)C(O)C8)ccc5c4)cc3c2)c2ccccc2c1C=C.CC.CC.CS. The molecule has 356 valence electrons. The Balaban J connectivity index is 0.000000409. The zero-order chi connectivity index (χ0) is 50.3. The van der Waals surface area contributed by atoms with E-state index in [1.165, 1.54) is 65.7 Å². The van der Waals surface area contributed by atoms with Crippen LogP contribution in [0.15, 0.2) is 177 Å². The molecule has 2 unspecified atom stereocenters. The van der Waals surface area contributed by atoms with E-state index in [1.807, 2.05) is 46.8 Å². The normalized spacial score (nSPS) is 13.8. The molecule has 1 aliphatic rings. The van der Waals surface area contributed by atoms with E-state index < -0.39 is 6.10 Å². The highest BCUT2D eigenvalue weighted by molar-refractivity contribution is 7.79. The Hall–Kier alpha value is -6.78. The quantitative estimate of drug-likeness (QED) is 0.142. The van der Waals surface area contributed by atoms with Crippen LogP contribution in [0, 0.1) is 0 Å². The maximum absolute atomic E-state index is 12.9. The third-order valence-electron chi connectivity index (χ3n) is 13.1. The fourth-order valence-corrected chi connectivity index (χ4v) is 9.78. The first-order valence-electron chi connectivity index (χ1n) is 25.1. The van der Waals surface area contributed by atoms with Crippen LogP contribution in [-0.4, -0.2) is 23.2 Å². The molecule has 0 spiro atoms. The van der Waals surface area contributed by atoms with Gasteiger partial charge in [-0.1, -0.05) is 207 Å². The second kappa shape index (κ2) is 25.2. The van der Waals surface area contributed by atoms with Crippen LogP contribution >= 0.6 is 12.6 Å². The Morgan fingerprint density at radius 2 is 1.07 bits per heavy atom. The van der Waals surface area contributed by atoms with E-state index in [-0.39, 0.29) is 11.7 Å². The van der Waals surface area contributed by atoms with Gasteiger partial charge in [0, 0.05) is 12.3 Å². The number of thiol groups is 1. The van der Waals surface area contributed by atoms with Gasteiger partial charge in [-0.15, -0.1) is 0 Å². The first-order valence-corrected chi connectivity index (χ1v) is 26.0. The lowest BCUT2D eigenvalue weighted by molar-refractivity contribution is -0.129. The standard InChI is InChI=1S/C51H40O2.C11H14.2C2H6.CH4S/c1-4-9-47-49-29-42-25-38(19-20-39(42)26-43(49)30-50(52)51(47)53)36-18-16-33-22-35(17-15-34(33)23-36)37-14-12-32-13-21-40(27-41(32)24-37)48-28-31(5-2)44(6-3)45-10-7-8-11-46(45)48;1-3-7-11-9-6-5-8-10(11)4-2;3*1-2/h5-8,10-29,47,50,52H,2-4,9,30H2,1H3;3,5-9H,4H2,1-2H3;2*1-2H3;2H,1H3/b;7-3-;;;. The fraction of sp³-hybridized carbons (Fsp3) is 0.209. The molecule has 0 bridgehead atoms. The van der Waals surface area contributed by atoms with Gasteiger partial charge < -0.3 is 5.11 Å². The van der Waals surface area contributed by atoms with E-state index in [0.29, 0.717) is 6.42 Å². The smallest absolute Gasteiger partial charge is 0.169 e. The van der Waals surface area contributed by atoms with Crippen LogP contribution in [0.25, 0.3) is 94.7 Å². The number of benzene rings is 9. The van der Waals surface area contributed by atoms with E-state index in [9.17, 15) is 9.90 Å². The summed E-state index contributed by atoms with van der Waals surface area (Å²) in [6, 6.07) is 57.1. The predicted molar refractivity (Wildman–Crippen MR) is 313 cm³/mol. The van der Waals surface area contributed by atoms with Crippen LogP contribution in [0.2, 0.25) is 0 Å². The van der Waals surface area contributed by atoms with Crippen molar-refractivity contribution in [2.24, 2.45) is 0 Å². The highest BCUT2D eigenvalue weighted by atomic mass is 32.1. The number of hydrogen-bond acceptors (Lipinski definition) is 3. The van der Waals surface area contributed by atoms with Crippen LogP contribution in [-0.2, 0) is 17.6 Å². The number of Topliss-reactive ketones (excluding diaryl/α,β-unsaturated/α-hetero) is 1. The highest BCUT2D eigenvalue weighted by Gasteiger charge is 2.33. The summed E-state index contributed by atoms with van der Waals surface area (Å²) in [5, 5.41) is 19.9. The topological polar surface area (TPSA) is 37.3 Å². The number of rotatable bonds is 9. The number of allylic oxidation sites excluding steroid dienone is 1. The summed E-state index contributed by atoms with van der Waals surface area (Å²) in [6.07, 6.45) is 12.0. The van der Waals surface area contributed by atoms with E-state index >= 15 is 0 Å². The van der Waals surface area contributed by atoms with Crippen molar-refractivity contribution >= 4 is 79.7 Å². The Kier molecular flexibility index (Phi) is 18.9. The number of aliphatic hydroxyl groups excluding tert-OH is 1. The number of ketones is 1. The molecular weight excluding hydrogens is 869 g/mol. The number of carbonyl (C=O) groups is 1. The van der Waals surface area contributed by atoms with Crippen LogP contribution in [0.3, 0.4) is 0 Å². The van der Waals surface area contributed by atoms with Gasteiger partial charge in [0.05, 0.1) is 0 Å². The van der Waals surface area contributed by atoms with Gasteiger partial charge in [0.2, 0.25) is 0 Å². The molecule has 1 N–H and O–H groups in total. The average Bonchev–Trinajstić information content (AvgIpc) is 3.42. The van der Waals surface area contributed by atoms with Crippen molar-refractivity contribution in [1.82, 2.24) is 0 Å². The minimum Gasteiger partial charge on any atom is -0.385 e. The molecule has 0 saturated heterocycles. The largest absolute Gasteiger partial charge is 0.385 e. The third kappa shape index (κ3) is 11.3. The van der Waals surface area contributed by atoms with E-state index in [0.717, 1.165) is 63.4 Å². The van der Waals surface area contributed by atoms with Crippen molar-refractivity contribution in [3.8, 4) is 33.4 Å². The van der Waals surface area contributed by atoms with Gasteiger partial charge in [0.25, 0.3) is 0 Å². The molecule has 0 amide bonds. The summed E-state index contributed by atoms with van der Waals surface area (Å²) >= 11 is 3.53. The summed E-state index contributed by atoms with van der Waals surface area (Å²) in [4.78, 5) is 12.9. The second-order valence-electron chi connectivity index (χ2n) is 17.1. The summed E-state index contributed by atoms with van der Waals surface area (Å²) in [5.74, 6) is -0.268. The van der Waals surface area contributed by atoms with Gasteiger partial charge in [-0.3, -0.25) is 4.79 Å². The molecule has 0 heterocycles. The van der Waals surface area contributed by atoms with Gasteiger partial charge in [-0.2, -0.15) is 12.6 Å². The summed E-state index contributed by atoms with van der Waals surface area (Å²) < 4.78 is 0. The molecule has 0 aromatic heterocycles.